The molecule has 0 unspecified atom stereocenters. The van der Waals surface area contributed by atoms with E-state index in [1.807, 2.05) is 42.3 Å². The standard InChI is InChI=1S/C27H36F3N5O3S/c1-32-11-9-21(10-12-32)35(26(37)27(28,29)30)19-24(36)31-25-8-7-23(39-25)20-3-5-22(6-4-20)38-18-17-34-15-13-33(2)14-16-34/h3-8,21H,9-19H2,1-2H3,(H,31,36). The Labute approximate surface area is 231 Å². The van der Waals surface area contributed by atoms with Gasteiger partial charge in [0.05, 0.1) is 5.00 Å². The molecule has 0 radical (unpaired) electrons. The molecule has 2 aliphatic rings. The minimum absolute atomic E-state index is 0.393. The van der Waals surface area contributed by atoms with Crippen molar-refractivity contribution < 1.29 is 27.5 Å². The Morgan fingerprint density at radius 3 is 2.26 bits per heavy atom. The van der Waals surface area contributed by atoms with Crippen LogP contribution in [0.15, 0.2) is 36.4 Å². The molecule has 4 rings (SSSR count). The van der Waals surface area contributed by atoms with Crippen molar-refractivity contribution in [3.8, 4) is 16.2 Å². The number of hydrogen-bond donors (Lipinski definition) is 1. The summed E-state index contributed by atoms with van der Waals surface area (Å²) in [5, 5.41) is 3.17. The number of rotatable bonds is 9. The maximum Gasteiger partial charge on any atom is 0.471 e. The van der Waals surface area contributed by atoms with E-state index in [4.69, 9.17) is 4.74 Å². The third kappa shape index (κ3) is 8.41. The highest BCUT2D eigenvalue weighted by Gasteiger charge is 2.45. The maximum absolute atomic E-state index is 13.3. The molecule has 8 nitrogen and oxygen atoms in total. The fourth-order valence-corrected chi connectivity index (χ4v) is 5.74. The van der Waals surface area contributed by atoms with E-state index in [2.05, 4.69) is 22.2 Å². The van der Waals surface area contributed by atoms with Gasteiger partial charge in [-0.05, 0) is 82.0 Å². The van der Waals surface area contributed by atoms with Crippen LogP contribution in [0.25, 0.3) is 10.4 Å². The van der Waals surface area contributed by atoms with Crippen molar-refractivity contribution in [2.24, 2.45) is 0 Å². The number of likely N-dealkylation sites (N-methyl/N-ethyl adjacent to an activating group) is 1. The van der Waals surface area contributed by atoms with Crippen molar-refractivity contribution in [1.82, 2.24) is 19.6 Å². The molecule has 1 N–H and O–H groups in total. The Morgan fingerprint density at radius 2 is 1.62 bits per heavy atom. The molecule has 0 saturated carbocycles. The van der Waals surface area contributed by atoms with Gasteiger partial charge in [0.1, 0.15) is 18.9 Å². The van der Waals surface area contributed by atoms with Gasteiger partial charge >= 0.3 is 12.1 Å². The highest BCUT2D eigenvalue weighted by atomic mass is 32.1. The zero-order valence-corrected chi connectivity index (χ0v) is 23.2. The lowest BCUT2D eigenvalue weighted by Gasteiger charge is -2.37. The van der Waals surface area contributed by atoms with Crippen molar-refractivity contribution in [3.05, 3.63) is 36.4 Å². The highest BCUT2D eigenvalue weighted by molar-refractivity contribution is 7.19. The Balaban J connectivity index is 1.29. The van der Waals surface area contributed by atoms with Gasteiger partial charge in [-0.15, -0.1) is 11.3 Å². The van der Waals surface area contributed by atoms with Crippen LogP contribution in [0.5, 0.6) is 5.75 Å². The smallest absolute Gasteiger partial charge is 0.471 e. The first-order valence-electron chi connectivity index (χ1n) is 13.2. The lowest BCUT2D eigenvalue weighted by molar-refractivity contribution is -0.188. The summed E-state index contributed by atoms with van der Waals surface area (Å²) < 4.78 is 45.6. The molecule has 2 aliphatic heterocycles. The van der Waals surface area contributed by atoms with Crippen molar-refractivity contribution in [3.63, 3.8) is 0 Å². The van der Waals surface area contributed by atoms with Gasteiger partial charge in [-0.2, -0.15) is 13.2 Å². The maximum atomic E-state index is 13.3. The number of likely N-dealkylation sites (tertiary alicyclic amines) is 1. The second kappa shape index (κ2) is 13.1. The number of anilines is 1. The van der Waals surface area contributed by atoms with Gasteiger partial charge in [0.25, 0.3) is 0 Å². The number of nitrogens with one attached hydrogen (secondary N) is 1. The fourth-order valence-electron chi connectivity index (χ4n) is 4.81. The number of halogens is 3. The van der Waals surface area contributed by atoms with E-state index in [9.17, 15) is 22.8 Å². The third-order valence-corrected chi connectivity index (χ3v) is 8.28. The van der Waals surface area contributed by atoms with Crippen LogP contribution in [0, 0.1) is 0 Å². The number of piperidine rings is 1. The summed E-state index contributed by atoms with van der Waals surface area (Å²) in [6.07, 6.45) is -4.24. The number of alkyl halides is 3. The van der Waals surface area contributed by atoms with Crippen LogP contribution in [0.1, 0.15) is 12.8 Å². The van der Waals surface area contributed by atoms with Crippen LogP contribution in [-0.4, -0.2) is 117 Å². The van der Waals surface area contributed by atoms with Crippen LogP contribution in [0.3, 0.4) is 0 Å². The van der Waals surface area contributed by atoms with E-state index in [-0.39, 0.29) is 0 Å². The van der Waals surface area contributed by atoms with Gasteiger partial charge in [-0.1, -0.05) is 0 Å². The molecule has 1 aromatic carbocycles. The number of hydrogen-bond acceptors (Lipinski definition) is 7. The van der Waals surface area contributed by atoms with E-state index in [0.717, 1.165) is 48.9 Å². The largest absolute Gasteiger partial charge is 0.492 e. The zero-order chi connectivity index (χ0) is 28.0. The predicted molar refractivity (Wildman–Crippen MR) is 146 cm³/mol. The predicted octanol–water partition coefficient (Wildman–Crippen LogP) is 3.46. The second-order valence-corrected chi connectivity index (χ2v) is 11.3. The Kier molecular flexibility index (Phi) is 9.86. The number of benzene rings is 1. The van der Waals surface area contributed by atoms with Crippen LogP contribution in [0.2, 0.25) is 0 Å². The summed E-state index contributed by atoms with van der Waals surface area (Å²) in [7, 11) is 4.01. The Morgan fingerprint density at radius 1 is 0.974 bits per heavy atom. The lowest BCUT2D eigenvalue weighted by atomic mass is 10.0. The SMILES string of the molecule is CN1CCC(N(CC(=O)Nc2ccc(-c3ccc(OCCN4CCN(C)CC4)cc3)s2)C(=O)C(F)(F)F)CC1. The van der Waals surface area contributed by atoms with E-state index in [1.54, 1.807) is 6.07 Å². The van der Waals surface area contributed by atoms with Gasteiger partial charge < -0.3 is 24.8 Å². The number of thiophene rings is 1. The number of carbonyl (C=O) groups excluding carboxylic acids is 2. The van der Waals surface area contributed by atoms with E-state index >= 15 is 0 Å². The molecule has 12 heteroatoms. The van der Waals surface area contributed by atoms with Crippen molar-refractivity contribution in [2.45, 2.75) is 25.1 Å². The number of piperazine rings is 1. The Bertz CT molecular complexity index is 1090. The Hall–Kier alpha value is -2.67. The van der Waals surface area contributed by atoms with Gasteiger partial charge in [0.15, 0.2) is 0 Å². The number of ether oxygens (including phenoxy) is 1. The molecule has 0 bridgehead atoms. The summed E-state index contributed by atoms with van der Waals surface area (Å²) in [6, 6.07) is 10.6. The monoisotopic (exact) mass is 567 g/mol. The normalized spacial score (nSPS) is 18.2. The number of carbonyl (C=O) groups is 2. The molecule has 39 heavy (non-hydrogen) atoms. The van der Waals surface area contributed by atoms with E-state index in [1.165, 1.54) is 11.3 Å². The van der Waals surface area contributed by atoms with Crippen molar-refractivity contribution in [1.29, 1.82) is 0 Å². The molecule has 0 atom stereocenters. The molecule has 1 aromatic heterocycles. The molecule has 2 saturated heterocycles. The number of amides is 2. The molecule has 2 fully saturated rings. The first-order valence-corrected chi connectivity index (χ1v) is 14.0. The van der Waals surface area contributed by atoms with Gasteiger partial charge in [-0.25, -0.2) is 0 Å². The quantitative estimate of drug-likeness (QED) is 0.501. The minimum Gasteiger partial charge on any atom is -0.492 e. The van der Waals surface area contributed by atoms with Crippen LogP contribution < -0.4 is 10.1 Å². The zero-order valence-electron chi connectivity index (χ0n) is 22.4. The highest BCUT2D eigenvalue weighted by Crippen LogP contribution is 2.32. The van der Waals surface area contributed by atoms with Crippen molar-refractivity contribution >= 4 is 28.2 Å². The van der Waals surface area contributed by atoms with Gasteiger partial charge in [0.2, 0.25) is 5.91 Å². The molecule has 214 valence electrons. The minimum atomic E-state index is -5.03. The van der Waals surface area contributed by atoms with Gasteiger partial charge in [-0.3, -0.25) is 14.5 Å². The summed E-state index contributed by atoms with van der Waals surface area (Å²) in [5.74, 6) is -1.84. The topological polar surface area (TPSA) is 68.4 Å². The summed E-state index contributed by atoms with van der Waals surface area (Å²) in [4.78, 5) is 33.1. The molecular weight excluding hydrogens is 531 g/mol. The van der Waals surface area contributed by atoms with E-state index in [0.29, 0.717) is 42.4 Å². The second-order valence-electron chi connectivity index (χ2n) is 10.2. The first kappa shape index (κ1) is 29.3. The molecular formula is C27H36F3N5O3S. The van der Waals surface area contributed by atoms with Crippen LogP contribution in [0.4, 0.5) is 18.2 Å². The molecule has 3 heterocycles. The van der Waals surface area contributed by atoms with Crippen molar-refractivity contribution in [2.75, 3.05) is 78.4 Å². The fraction of sp³-hybridized carbons (Fsp3) is 0.556. The van der Waals surface area contributed by atoms with Crippen LogP contribution in [-0.2, 0) is 9.59 Å². The molecule has 2 amide bonds. The lowest BCUT2D eigenvalue weighted by Crippen LogP contribution is -2.53. The average Bonchev–Trinajstić information content (AvgIpc) is 3.37. The summed E-state index contributed by atoms with van der Waals surface area (Å²) in [6.45, 7) is 6.23. The molecule has 0 aliphatic carbocycles. The van der Waals surface area contributed by atoms with E-state index < -0.39 is 30.6 Å². The number of nitrogens with zero attached hydrogens (tertiary/aromatic N) is 4. The summed E-state index contributed by atoms with van der Waals surface area (Å²) in [5.41, 5.74) is 0.937. The third-order valence-electron chi connectivity index (χ3n) is 7.23. The average molecular weight is 568 g/mol. The summed E-state index contributed by atoms with van der Waals surface area (Å²) >= 11 is 1.32. The van der Waals surface area contributed by atoms with Crippen LogP contribution >= 0.6 is 11.3 Å². The first-order chi connectivity index (χ1) is 18.6. The molecule has 2 aromatic rings. The van der Waals surface area contributed by atoms with Gasteiger partial charge in [0, 0.05) is 43.6 Å². The molecule has 0 spiro atoms.